The standard InChI is InChI=1S/C20H22ClN5O3S/c1-12(14-6-7-14)26-18-17(11-22-20(21)24-18)23-16(19(26)27)10-5-13-3-8-15(9-4-13)25-30(2,28)29/h3-4,8-9,11-12,14,25H,5-7,10H2,1-2H3/t12-/m0/s1. The van der Waals surface area contributed by atoms with E-state index in [0.29, 0.717) is 41.3 Å². The lowest BCUT2D eigenvalue weighted by Gasteiger charge is -2.17. The van der Waals surface area contributed by atoms with E-state index in [1.54, 1.807) is 22.9 Å². The molecule has 1 fully saturated rings. The minimum atomic E-state index is -3.32. The Hall–Kier alpha value is -2.52. The largest absolute Gasteiger partial charge is 0.287 e. The summed E-state index contributed by atoms with van der Waals surface area (Å²) in [6.45, 7) is 2.03. The number of fused-ring (bicyclic) bond motifs is 1. The van der Waals surface area contributed by atoms with Crippen LogP contribution in [0.2, 0.25) is 5.28 Å². The zero-order chi connectivity index (χ0) is 21.5. The van der Waals surface area contributed by atoms with E-state index in [1.165, 1.54) is 0 Å². The highest BCUT2D eigenvalue weighted by atomic mass is 35.5. The molecule has 0 aliphatic heterocycles. The molecule has 1 atom stereocenters. The fourth-order valence-corrected chi connectivity index (χ4v) is 4.27. The minimum Gasteiger partial charge on any atom is -0.287 e. The van der Waals surface area contributed by atoms with E-state index in [9.17, 15) is 13.2 Å². The van der Waals surface area contributed by atoms with Gasteiger partial charge in [0.2, 0.25) is 15.3 Å². The van der Waals surface area contributed by atoms with Gasteiger partial charge in [-0.3, -0.25) is 14.1 Å². The van der Waals surface area contributed by atoms with Crippen molar-refractivity contribution < 1.29 is 8.42 Å². The van der Waals surface area contributed by atoms with Gasteiger partial charge in [0.25, 0.3) is 5.56 Å². The highest BCUT2D eigenvalue weighted by Crippen LogP contribution is 2.39. The lowest BCUT2D eigenvalue weighted by atomic mass is 10.1. The van der Waals surface area contributed by atoms with Gasteiger partial charge in [-0.15, -0.1) is 0 Å². The Morgan fingerprint density at radius 2 is 1.90 bits per heavy atom. The number of hydrogen-bond acceptors (Lipinski definition) is 6. The van der Waals surface area contributed by atoms with Crippen molar-refractivity contribution in [2.45, 2.75) is 38.6 Å². The summed E-state index contributed by atoms with van der Waals surface area (Å²) >= 11 is 5.97. The summed E-state index contributed by atoms with van der Waals surface area (Å²) in [5.74, 6) is 0.463. The second kappa shape index (κ2) is 7.96. The number of sulfonamides is 1. The van der Waals surface area contributed by atoms with Gasteiger partial charge in [-0.25, -0.2) is 18.4 Å². The molecule has 0 amide bonds. The number of nitrogens with zero attached hydrogens (tertiary/aromatic N) is 4. The minimum absolute atomic E-state index is 0.0223. The summed E-state index contributed by atoms with van der Waals surface area (Å²) in [5, 5.41) is 0.0935. The molecule has 1 aliphatic rings. The van der Waals surface area contributed by atoms with Crippen molar-refractivity contribution in [2.24, 2.45) is 5.92 Å². The van der Waals surface area contributed by atoms with Gasteiger partial charge in [-0.2, -0.15) is 4.98 Å². The monoisotopic (exact) mass is 447 g/mol. The van der Waals surface area contributed by atoms with Crippen LogP contribution in [-0.4, -0.2) is 34.2 Å². The van der Waals surface area contributed by atoms with Crippen LogP contribution in [0.5, 0.6) is 0 Å². The smallest absolute Gasteiger partial charge is 0.274 e. The van der Waals surface area contributed by atoms with Gasteiger partial charge in [-0.05, 0) is 67.8 Å². The van der Waals surface area contributed by atoms with E-state index in [-0.39, 0.29) is 16.9 Å². The second-order valence-corrected chi connectivity index (χ2v) is 9.82. The number of aromatic nitrogens is 4. The third-order valence-electron chi connectivity index (χ3n) is 5.29. The molecule has 0 radical (unpaired) electrons. The Morgan fingerprint density at radius 1 is 1.20 bits per heavy atom. The van der Waals surface area contributed by atoms with Crippen molar-refractivity contribution in [1.29, 1.82) is 0 Å². The van der Waals surface area contributed by atoms with Gasteiger partial charge in [0, 0.05) is 11.7 Å². The van der Waals surface area contributed by atoms with Gasteiger partial charge < -0.3 is 0 Å². The Balaban J connectivity index is 1.62. The van der Waals surface area contributed by atoms with Gasteiger partial charge in [0.1, 0.15) is 11.2 Å². The summed E-state index contributed by atoms with van der Waals surface area (Å²) in [7, 11) is -3.32. The average molecular weight is 448 g/mol. The van der Waals surface area contributed by atoms with Crippen LogP contribution in [0.4, 0.5) is 5.69 Å². The molecule has 3 aromatic rings. The quantitative estimate of drug-likeness (QED) is 0.558. The van der Waals surface area contributed by atoms with E-state index in [2.05, 4.69) is 19.7 Å². The van der Waals surface area contributed by atoms with Crippen LogP contribution in [0.3, 0.4) is 0 Å². The van der Waals surface area contributed by atoms with Gasteiger partial charge in [0.05, 0.1) is 12.5 Å². The Kier molecular flexibility index (Phi) is 5.50. The van der Waals surface area contributed by atoms with Crippen molar-refractivity contribution in [3.05, 3.63) is 57.4 Å². The Bertz CT molecular complexity index is 1250. The predicted octanol–water partition coefficient (Wildman–Crippen LogP) is 2.97. The van der Waals surface area contributed by atoms with E-state index in [1.807, 2.05) is 19.1 Å². The summed E-state index contributed by atoms with van der Waals surface area (Å²) < 4.78 is 26.8. The molecule has 0 unspecified atom stereocenters. The van der Waals surface area contributed by atoms with Crippen molar-refractivity contribution in [3.8, 4) is 0 Å². The molecular weight excluding hydrogens is 426 g/mol. The molecule has 1 N–H and O–H groups in total. The Morgan fingerprint density at radius 3 is 2.53 bits per heavy atom. The van der Waals surface area contributed by atoms with Crippen LogP contribution in [0.15, 0.2) is 35.3 Å². The average Bonchev–Trinajstić information content (AvgIpc) is 3.51. The normalized spacial score (nSPS) is 15.3. The molecule has 1 saturated carbocycles. The number of rotatable bonds is 7. The molecule has 0 bridgehead atoms. The summed E-state index contributed by atoms with van der Waals surface area (Å²) in [4.78, 5) is 26.0. The lowest BCUT2D eigenvalue weighted by Crippen LogP contribution is -2.30. The maximum absolute atomic E-state index is 13.2. The first-order chi connectivity index (χ1) is 14.2. The topological polar surface area (TPSA) is 107 Å². The van der Waals surface area contributed by atoms with Crippen molar-refractivity contribution in [3.63, 3.8) is 0 Å². The van der Waals surface area contributed by atoms with Crippen LogP contribution >= 0.6 is 11.6 Å². The molecule has 30 heavy (non-hydrogen) atoms. The summed E-state index contributed by atoms with van der Waals surface area (Å²) in [6, 6.07) is 7.10. The number of aryl methyl sites for hydroxylation is 2. The first-order valence-corrected chi connectivity index (χ1v) is 12.0. The molecule has 158 valence electrons. The van der Waals surface area contributed by atoms with E-state index >= 15 is 0 Å². The number of hydrogen-bond donors (Lipinski definition) is 1. The van der Waals surface area contributed by atoms with Gasteiger partial charge in [-0.1, -0.05) is 12.1 Å². The zero-order valence-electron chi connectivity index (χ0n) is 16.7. The van der Waals surface area contributed by atoms with Crippen molar-refractivity contribution in [1.82, 2.24) is 19.5 Å². The van der Waals surface area contributed by atoms with Gasteiger partial charge >= 0.3 is 0 Å². The van der Waals surface area contributed by atoms with E-state index < -0.39 is 10.0 Å². The molecular formula is C20H22ClN5O3S. The van der Waals surface area contributed by atoms with Crippen LogP contribution in [0, 0.1) is 5.92 Å². The van der Waals surface area contributed by atoms with Crippen molar-refractivity contribution >= 4 is 38.5 Å². The van der Waals surface area contributed by atoms with Crippen LogP contribution < -0.4 is 10.3 Å². The van der Waals surface area contributed by atoms with Gasteiger partial charge in [0.15, 0.2) is 5.65 Å². The molecule has 2 aromatic heterocycles. The highest BCUT2D eigenvalue weighted by molar-refractivity contribution is 7.92. The SMILES string of the molecule is C[C@@H](C1CC1)n1c(=O)c(CCc2ccc(NS(C)(=O)=O)cc2)nc2cnc(Cl)nc21. The number of halogens is 1. The molecule has 10 heteroatoms. The Labute approximate surface area is 179 Å². The van der Waals surface area contributed by atoms with E-state index in [4.69, 9.17) is 11.6 Å². The lowest BCUT2D eigenvalue weighted by molar-refractivity contribution is 0.478. The first kappa shape index (κ1) is 20.7. The predicted molar refractivity (Wildman–Crippen MR) is 116 cm³/mol. The molecule has 8 nitrogen and oxygen atoms in total. The fourth-order valence-electron chi connectivity index (χ4n) is 3.58. The fraction of sp³-hybridized carbons (Fsp3) is 0.400. The third kappa shape index (κ3) is 4.62. The molecule has 1 aromatic carbocycles. The van der Waals surface area contributed by atoms with Crippen molar-refractivity contribution in [2.75, 3.05) is 11.0 Å². The maximum atomic E-state index is 13.2. The molecule has 4 rings (SSSR count). The first-order valence-electron chi connectivity index (χ1n) is 9.71. The summed E-state index contributed by atoms with van der Waals surface area (Å²) in [5.41, 5.74) is 2.81. The van der Waals surface area contributed by atoms with Crippen LogP contribution in [0.25, 0.3) is 11.2 Å². The molecule has 2 heterocycles. The number of benzene rings is 1. The third-order valence-corrected chi connectivity index (χ3v) is 6.08. The maximum Gasteiger partial charge on any atom is 0.274 e. The second-order valence-electron chi connectivity index (χ2n) is 7.73. The number of nitrogens with one attached hydrogen (secondary N) is 1. The molecule has 0 saturated heterocycles. The van der Waals surface area contributed by atoms with E-state index in [0.717, 1.165) is 24.7 Å². The van der Waals surface area contributed by atoms with Crippen LogP contribution in [-0.2, 0) is 22.9 Å². The summed E-state index contributed by atoms with van der Waals surface area (Å²) in [6.07, 6.45) is 5.90. The number of anilines is 1. The van der Waals surface area contributed by atoms with Crippen LogP contribution in [0.1, 0.15) is 37.1 Å². The molecule has 0 spiro atoms. The zero-order valence-corrected chi connectivity index (χ0v) is 18.2. The molecule has 1 aliphatic carbocycles. The highest BCUT2D eigenvalue weighted by Gasteiger charge is 2.31.